The van der Waals surface area contributed by atoms with Gasteiger partial charge in [0, 0.05) is 25.3 Å². The number of aromatic nitrogens is 1. The van der Waals surface area contributed by atoms with Crippen molar-refractivity contribution in [2.45, 2.75) is 18.7 Å². The molecule has 32 heavy (non-hydrogen) atoms. The molecule has 2 aliphatic heterocycles. The number of para-hydroxylation sites is 1. The molecule has 2 aromatic carbocycles. The van der Waals surface area contributed by atoms with Gasteiger partial charge in [0.05, 0.1) is 17.7 Å². The number of hydrogen-bond donors (Lipinski definition) is 0. The number of methoxy groups -OCH3 is 1. The number of esters is 1. The number of anilines is 1. The minimum atomic E-state index is -1.16. The van der Waals surface area contributed by atoms with Crippen LogP contribution < -0.4 is 24.5 Å². The van der Waals surface area contributed by atoms with Crippen molar-refractivity contribution in [2.24, 2.45) is 10.9 Å². The quantitative estimate of drug-likeness (QED) is 0.572. The van der Waals surface area contributed by atoms with Crippen LogP contribution in [-0.2, 0) is 9.53 Å². The highest BCUT2D eigenvalue weighted by Crippen LogP contribution is 2.47. The Morgan fingerprint density at radius 3 is 2.62 bits per heavy atom. The molecule has 0 saturated carbocycles. The van der Waals surface area contributed by atoms with Crippen LogP contribution in [0.5, 0.6) is 5.75 Å². The van der Waals surface area contributed by atoms with Crippen molar-refractivity contribution >= 4 is 29.1 Å². The molecule has 3 aromatic rings. The van der Waals surface area contributed by atoms with Crippen LogP contribution in [0.15, 0.2) is 58.3 Å². The third kappa shape index (κ3) is 3.05. The minimum absolute atomic E-state index is 0.178. The zero-order valence-corrected chi connectivity index (χ0v) is 19.1. The number of benzene rings is 2. The van der Waals surface area contributed by atoms with E-state index in [2.05, 4.69) is 0 Å². The van der Waals surface area contributed by atoms with Crippen LogP contribution in [0.4, 0.5) is 5.69 Å². The summed E-state index contributed by atoms with van der Waals surface area (Å²) in [4.78, 5) is 33.7. The van der Waals surface area contributed by atoms with Gasteiger partial charge in [0.25, 0.3) is 5.56 Å². The minimum Gasteiger partial charge on any atom is -0.469 e. The fourth-order valence-corrected chi connectivity index (χ4v) is 5.55. The number of nitrogens with zero attached hydrogens (tertiary/aromatic N) is 3. The smallest absolute Gasteiger partial charge is 0.317 e. The molecule has 0 spiro atoms. The number of thiazole rings is 1. The lowest BCUT2D eigenvalue weighted by Crippen LogP contribution is -2.58. The van der Waals surface area contributed by atoms with E-state index in [1.807, 2.05) is 73.6 Å². The molecule has 0 radical (unpaired) electrons. The lowest BCUT2D eigenvalue weighted by atomic mass is 9.81. The summed E-state index contributed by atoms with van der Waals surface area (Å²) >= 11 is 1.30. The Hall–Kier alpha value is -3.39. The Kier molecular flexibility index (Phi) is 4.70. The fourth-order valence-electron chi connectivity index (χ4n) is 4.45. The molecule has 3 atom stereocenters. The van der Waals surface area contributed by atoms with E-state index in [4.69, 9.17) is 14.5 Å². The van der Waals surface area contributed by atoms with Crippen LogP contribution >= 0.6 is 11.3 Å². The van der Waals surface area contributed by atoms with Gasteiger partial charge in [-0.25, -0.2) is 4.99 Å². The molecule has 1 aromatic heterocycles. The molecule has 7 nitrogen and oxygen atoms in total. The summed E-state index contributed by atoms with van der Waals surface area (Å²) in [6.45, 7) is 1.77. The summed E-state index contributed by atoms with van der Waals surface area (Å²) in [5.74, 6) is -0.601. The van der Waals surface area contributed by atoms with E-state index in [1.54, 1.807) is 11.5 Å². The van der Waals surface area contributed by atoms with E-state index >= 15 is 0 Å². The Balaban J connectivity index is 1.72. The Labute approximate surface area is 188 Å². The molecule has 0 fully saturated rings. The van der Waals surface area contributed by atoms with Gasteiger partial charge >= 0.3 is 5.97 Å². The van der Waals surface area contributed by atoms with Crippen LogP contribution in [-0.4, -0.2) is 37.5 Å². The number of carbonyl (C=O) groups excluding carboxylic acids is 1. The van der Waals surface area contributed by atoms with E-state index in [1.165, 1.54) is 18.4 Å². The fraction of sp³-hybridized carbons (Fsp3) is 0.292. The molecule has 164 valence electrons. The summed E-state index contributed by atoms with van der Waals surface area (Å²) in [6.07, 6.45) is 1.86. The average Bonchev–Trinajstić information content (AvgIpc) is 3.06. The van der Waals surface area contributed by atoms with Gasteiger partial charge in [-0.05, 0) is 36.8 Å². The largest absolute Gasteiger partial charge is 0.469 e. The van der Waals surface area contributed by atoms with E-state index < -0.39 is 23.7 Å². The zero-order valence-electron chi connectivity index (χ0n) is 18.2. The first-order chi connectivity index (χ1) is 15.3. The van der Waals surface area contributed by atoms with Gasteiger partial charge in [-0.3, -0.25) is 14.2 Å². The molecule has 0 aliphatic carbocycles. The number of ether oxygens (including phenoxy) is 2. The summed E-state index contributed by atoms with van der Waals surface area (Å²) < 4.78 is 13.5. The lowest BCUT2D eigenvalue weighted by Gasteiger charge is -2.44. The monoisotopic (exact) mass is 449 g/mol. The molecular weight excluding hydrogens is 426 g/mol. The molecular formula is C24H23N3O4S. The van der Waals surface area contributed by atoms with E-state index in [9.17, 15) is 9.59 Å². The van der Waals surface area contributed by atoms with Gasteiger partial charge in [0.15, 0.2) is 4.80 Å². The Morgan fingerprint density at radius 1 is 1.22 bits per heavy atom. The highest BCUT2D eigenvalue weighted by molar-refractivity contribution is 7.07. The van der Waals surface area contributed by atoms with E-state index in [0.717, 1.165) is 16.8 Å². The van der Waals surface area contributed by atoms with Crippen molar-refractivity contribution in [1.82, 2.24) is 4.57 Å². The number of rotatable bonds is 3. The molecule has 0 N–H and O–H groups in total. The maximum absolute atomic E-state index is 13.5. The van der Waals surface area contributed by atoms with Gasteiger partial charge < -0.3 is 14.4 Å². The van der Waals surface area contributed by atoms with Crippen LogP contribution in [0.1, 0.15) is 24.1 Å². The third-order valence-electron chi connectivity index (χ3n) is 6.04. The molecule has 0 amide bonds. The first-order valence-electron chi connectivity index (χ1n) is 10.3. The second kappa shape index (κ2) is 7.34. The Bertz CT molecular complexity index is 1390. The summed E-state index contributed by atoms with van der Waals surface area (Å²) in [6, 6.07) is 14.9. The van der Waals surface area contributed by atoms with Crippen molar-refractivity contribution in [3.05, 3.63) is 79.3 Å². The third-order valence-corrected chi connectivity index (χ3v) is 7.03. The SMILES string of the molecule is COC(=O)C1C2c3ccccc3O[C@]1(C)N=c1sc(=Cc3ccc(N(C)C)cc3)c(=O)n12. The highest BCUT2D eigenvalue weighted by atomic mass is 32.1. The maximum atomic E-state index is 13.5. The predicted octanol–water partition coefficient (Wildman–Crippen LogP) is 1.92. The van der Waals surface area contributed by atoms with E-state index in [-0.39, 0.29) is 5.56 Å². The molecule has 5 rings (SSSR count). The highest BCUT2D eigenvalue weighted by Gasteiger charge is 2.55. The van der Waals surface area contributed by atoms with Crippen molar-refractivity contribution in [3.8, 4) is 5.75 Å². The predicted molar refractivity (Wildman–Crippen MR) is 123 cm³/mol. The second-order valence-electron chi connectivity index (χ2n) is 8.31. The van der Waals surface area contributed by atoms with Gasteiger partial charge in [-0.1, -0.05) is 41.7 Å². The topological polar surface area (TPSA) is 73.1 Å². The molecule has 3 heterocycles. The normalized spacial score (nSPS) is 23.4. The summed E-state index contributed by atoms with van der Waals surface area (Å²) in [5, 5.41) is 0. The van der Waals surface area contributed by atoms with Gasteiger partial charge in [0.2, 0.25) is 5.72 Å². The van der Waals surface area contributed by atoms with Crippen molar-refractivity contribution in [2.75, 3.05) is 26.1 Å². The van der Waals surface area contributed by atoms with Gasteiger partial charge in [-0.2, -0.15) is 0 Å². The van der Waals surface area contributed by atoms with Crippen LogP contribution in [0, 0.1) is 5.92 Å². The van der Waals surface area contributed by atoms with Crippen molar-refractivity contribution in [1.29, 1.82) is 0 Å². The van der Waals surface area contributed by atoms with Crippen LogP contribution in [0.25, 0.3) is 6.08 Å². The maximum Gasteiger partial charge on any atom is 0.317 e. The summed E-state index contributed by atoms with van der Waals surface area (Å²) in [7, 11) is 5.31. The number of fused-ring (bicyclic) bond motifs is 6. The zero-order chi connectivity index (χ0) is 22.6. The van der Waals surface area contributed by atoms with Gasteiger partial charge in [-0.15, -0.1) is 0 Å². The average molecular weight is 450 g/mol. The molecule has 8 heteroatoms. The molecule has 2 bridgehead atoms. The number of hydrogen-bond acceptors (Lipinski definition) is 7. The van der Waals surface area contributed by atoms with Crippen molar-refractivity contribution in [3.63, 3.8) is 0 Å². The molecule has 2 aliphatic rings. The van der Waals surface area contributed by atoms with Gasteiger partial charge in [0.1, 0.15) is 11.7 Å². The second-order valence-corrected chi connectivity index (χ2v) is 9.32. The van der Waals surface area contributed by atoms with E-state index in [0.29, 0.717) is 15.1 Å². The number of carbonyl (C=O) groups is 1. The first-order valence-corrected chi connectivity index (χ1v) is 11.1. The lowest BCUT2D eigenvalue weighted by molar-refractivity contribution is -0.158. The molecule has 0 saturated heterocycles. The standard InChI is InChI=1S/C24H23N3O4S/c1-24-19(22(29)30-4)20(16-7-5-6-8-17(16)31-24)27-21(28)18(32-23(27)25-24)13-14-9-11-15(12-10-14)26(2)3/h5-13,19-20H,1-4H3/t19?,20?,24-/m0/s1. The first kappa shape index (κ1) is 20.5. The van der Waals surface area contributed by atoms with Crippen molar-refractivity contribution < 1.29 is 14.3 Å². The summed E-state index contributed by atoms with van der Waals surface area (Å²) in [5.41, 5.74) is 1.44. The molecule has 2 unspecified atom stereocenters. The van der Waals surface area contributed by atoms with Crippen LogP contribution in [0.2, 0.25) is 0 Å². The van der Waals surface area contributed by atoms with Crippen LogP contribution in [0.3, 0.4) is 0 Å². The Morgan fingerprint density at radius 2 is 1.94 bits per heavy atom.